The highest BCUT2D eigenvalue weighted by atomic mass is 16.8. The van der Waals surface area contributed by atoms with Gasteiger partial charge in [0.15, 0.2) is 6.29 Å². The van der Waals surface area contributed by atoms with Gasteiger partial charge in [-0.05, 0) is 6.92 Å². The lowest BCUT2D eigenvalue weighted by atomic mass is 10.0. The molecule has 2 saturated heterocycles. The molecule has 0 aromatic carbocycles. The highest BCUT2D eigenvalue weighted by molar-refractivity contribution is 4.96. The smallest absolute Gasteiger partial charge is 0.187 e. The van der Waals surface area contributed by atoms with Crippen LogP contribution in [-0.4, -0.2) is 42.9 Å². The molecule has 5 atom stereocenters. The van der Waals surface area contributed by atoms with Crippen LogP contribution in [0, 0.1) is 0 Å². The van der Waals surface area contributed by atoms with Crippen LogP contribution in [0.1, 0.15) is 6.92 Å². The number of hydrogen-bond acceptors (Lipinski definition) is 4. The molecule has 0 radical (unpaired) electrons. The quantitative estimate of drug-likeness (QED) is 0.526. The third kappa shape index (κ3) is 1.06. The summed E-state index contributed by atoms with van der Waals surface area (Å²) in [4.78, 5) is 0. The van der Waals surface area contributed by atoms with Crippen molar-refractivity contribution >= 4 is 0 Å². The largest absolute Gasteiger partial charge is 0.388 e. The molecule has 1 N–H and O–H groups in total. The molecular weight excluding hydrogens is 148 g/mol. The number of fused-ring (bicyclic) bond motifs is 1. The summed E-state index contributed by atoms with van der Waals surface area (Å²) in [5.41, 5.74) is 0. The Morgan fingerprint density at radius 2 is 2.09 bits per heavy atom. The van der Waals surface area contributed by atoms with Gasteiger partial charge < -0.3 is 19.3 Å². The second kappa shape index (κ2) is 2.42. The zero-order chi connectivity index (χ0) is 8.01. The molecule has 2 aliphatic heterocycles. The van der Waals surface area contributed by atoms with E-state index in [2.05, 4.69) is 0 Å². The minimum atomic E-state index is -0.566. The fourth-order valence-corrected chi connectivity index (χ4v) is 1.48. The summed E-state index contributed by atoms with van der Waals surface area (Å²) in [6, 6.07) is 0. The summed E-state index contributed by atoms with van der Waals surface area (Å²) in [5, 5.41) is 9.50. The maximum Gasteiger partial charge on any atom is 0.187 e. The molecule has 2 aliphatic rings. The molecule has 0 bridgehead atoms. The first kappa shape index (κ1) is 7.49. The summed E-state index contributed by atoms with van der Waals surface area (Å²) in [7, 11) is 1.57. The summed E-state index contributed by atoms with van der Waals surface area (Å²) >= 11 is 0. The number of aliphatic hydroxyl groups is 1. The second-order valence-corrected chi connectivity index (χ2v) is 3.00. The number of hydrogen-bond donors (Lipinski definition) is 1. The lowest BCUT2D eigenvalue weighted by molar-refractivity contribution is -0.132. The fraction of sp³-hybridized carbons (Fsp3) is 1.00. The van der Waals surface area contributed by atoms with Crippen LogP contribution in [0.5, 0.6) is 0 Å². The second-order valence-electron chi connectivity index (χ2n) is 3.00. The Balaban J connectivity index is 2.05. The molecule has 0 spiro atoms. The maximum atomic E-state index is 9.50. The van der Waals surface area contributed by atoms with Crippen molar-refractivity contribution in [1.82, 2.24) is 0 Å². The van der Waals surface area contributed by atoms with E-state index < -0.39 is 6.10 Å². The molecule has 2 fully saturated rings. The van der Waals surface area contributed by atoms with Crippen molar-refractivity contribution in [2.24, 2.45) is 0 Å². The van der Waals surface area contributed by atoms with Crippen LogP contribution in [0.4, 0.5) is 0 Å². The van der Waals surface area contributed by atoms with Gasteiger partial charge in [-0.15, -0.1) is 0 Å². The van der Waals surface area contributed by atoms with Gasteiger partial charge in [-0.25, -0.2) is 0 Å². The van der Waals surface area contributed by atoms with Crippen molar-refractivity contribution in [2.45, 2.75) is 37.6 Å². The summed E-state index contributed by atoms with van der Waals surface area (Å²) < 4.78 is 15.4. The van der Waals surface area contributed by atoms with E-state index in [-0.39, 0.29) is 24.6 Å². The average Bonchev–Trinajstić information content (AvgIpc) is 2.69. The normalized spacial score (nSPS) is 55.4. The summed E-state index contributed by atoms with van der Waals surface area (Å²) in [5.74, 6) is 0. The SMILES string of the molecule is COC1[C@H](O)C(C)OC2O[C@@H]21. The van der Waals surface area contributed by atoms with Gasteiger partial charge in [0.2, 0.25) is 0 Å². The van der Waals surface area contributed by atoms with Crippen LogP contribution >= 0.6 is 0 Å². The molecule has 0 amide bonds. The van der Waals surface area contributed by atoms with Gasteiger partial charge >= 0.3 is 0 Å². The van der Waals surface area contributed by atoms with Crippen molar-refractivity contribution in [2.75, 3.05) is 7.11 Å². The average molecular weight is 160 g/mol. The van der Waals surface area contributed by atoms with Crippen molar-refractivity contribution in [3.63, 3.8) is 0 Å². The predicted octanol–water partition coefficient (Wildman–Crippen LogP) is -0.494. The highest BCUT2D eigenvalue weighted by Crippen LogP contribution is 2.36. The number of epoxide rings is 1. The molecule has 3 unspecified atom stereocenters. The predicted molar refractivity (Wildman–Crippen MR) is 36.0 cm³/mol. The first-order valence-electron chi connectivity index (χ1n) is 3.76. The summed E-state index contributed by atoms with van der Waals surface area (Å²) in [6.07, 6.45) is -1.17. The van der Waals surface area contributed by atoms with Crippen molar-refractivity contribution in [3.05, 3.63) is 0 Å². The highest BCUT2D eigenvalue weighted by Gasteiger charge is 2.55. The van der Waals surface area contributed by atoms with Crippen molar-refractivity contribution in [1.29, 1.82) is 0 Å². The number of rotatable bonds is 1. The Kier molecular flexibility index (Phi) is 1.64. The van der Waals surface area contributed by atoms with Gasteiger partial charge in [0.05, 0.1) is 6.10 Å². The van der Waals surface area contributed by atoms with Crippen LogP contribution in [-0.2, 0) is 14.2 Å². The zero-order valence-electron chi connectivity index (χ0n) is 6.56. The van der Waals surface area contributed by atoms with Crippen molar-refractivity contribution in [3.8, 4) is 0 Å². The molecule has 2 rings (SSSR count). The minimum Gasteiger partial charge on any atom is -0.388 e. The first-order valence-corrected chi connectivity index (χ1v) is 3.76. The molecule has 2 heterocycles. The number of aliphatic hydroxyl groups excluding tert-OH is 1. The Hall–Kier alpha value is -0.160. The lowest BCUT2D eigenvalue weighted by Gasteiger charge is -2.28. The summed E-state index contributed by atoms with van der Waals surface area (Å²) in [6.45, 7) is 1.81. The Bertz CT molecular complexity index is 161. The Labute approximate surface area is 65.1 Å². The monoisotopic (exact) mass is 160 g/mol. The molecule has 0 aliphatic carbocycles. The van der Waals surface area contributed by atoms with E-state index in [0.29, 0.717) is 0 Å². The minimum absolute atomic E-state index is 0.0498. The Morgan fingerprint density at radius 3 is 2.73 bits per heavy atom. The van der Waals surface area contributed by atoms with Gasteiger partial charge in [-0.2, -0.15) is 0 Å². The van der Waals surface area contributed by atoms with Gasteiger partial charge in [0.25, 0.3) is 0 Å². The Morgan fingerprint density at radius 1 is 1.36 bits per heavy atom. The van der Waals surface area contributed by atoms with E-state index in [1.165, 1.54) is 0 Å². The van der Waals surface area contributed by atoms with E-state index in [9.17, 15) is 5.11 Å². The van der Waals surface area contributed by atoms with Gasteiger partial charge in [-0.1, -0.05) is 0 Å². The number of methoxy groups -OCH3 is 1. The van der Waals surface area contributed by atoms with Gasteiger partial charge in [0.1, 0.15) is 18.3 Å². The maximum absolute atomic E-state index is 9.50. The third-order valence-corrected chi connectivity index (χ3v) is 2.25. The molecule has 4 heteroatoms. The molecule has 0 saturated carbocycles. The zero-order valence-corrected chi connectivity index (χ0v) is 6.56. The van der Waals surface area contributed by atoms with Crippen LogP contribution in [0.25, 0.3) is 0 Å². The molecule has 64 valence electrons. The lowest BCUT2D eigenvalue weighted by Crippen LogP contribution is -2.46. The van der Waals surface area contributed by atoms with Crippen LogP contribution < -0.4 is 0 Å². The first-order chi connectivity index (χ1) is 5.24. The third-order valence-electron chi connectivity index (χ3n) is 2.25. The standard InChI is InChI=1S/C7H12O4/c1-3-4(8)5(9-2)6-7(10-3)11-6/h3-8H,1-2H3/t3?,4-,5?,6-,7?/m1/s1. The molecule has 11 heavy (non-hydrogen) atoms. The fourth-order valence-electron chi connectivity index (χ4n) is 1.48. The van der Waals surface area contributed by atoms with E-state index >= 15 is 0 Å². The van der Waals surface area contributed by atoms with Crippen LogP contribution in [0.2, 0.25) is 0 Å². The molecule has 0 aromatic rings. The van der Waals surface area contributed by atoms with Crippen LogP contribution in [0.3, 0.4) is 0 Å². The van der Waals surface area contributed by atoms with Crippen LogP contribution in [0.15, 0.2) is 0 Å². The molecule has 4 nitrogen and oxygen atoms in total. The molecule has 0 aromatic heterocycles. The van der Waals surface area contributed by atoms with E-state index in [1.54, 1.807) is 7.11 Å². The van der Waals surface area contributed by atoms with Crippen molar-refractivity contribution < 1.29 is 19.3 Å². The van der Waals surface area contributed by atoms with E-state index in [0.717, 1.165) is 0 Å². The number of ether oxygens (including phenoxy) is 3. The van der Waals surface area contributed by atoms with E-state index in [4.69, 9.17) is 14.2 Å². The molecular formula is C7H12O4. The van der Waals surface area contributed by atoms with Gasteiger partial charge in [-0.3, -0.25) is 0 Å². The van der Waals surface area contributed by atoms with Gasteiger partial charge in [0, 0.05) is 7.11 Å². The topological polar surface area (TPSA) is 51.2 Å². The van der Waals surface area contributed by atoms with E-state index in [1.807, 2.05) is 6.92 Å².